The Morgan fingerprint density at radius 1 is 1.33 bits per heavy atom. The minimum Gasteiger partial charge on any atom is -0.365 e. The molecule has 4 heteroatoms. The van der Waals surface area contributed by atoms with E-state index in [1.54, 1.807) is 0 Å². The number of piperidine rings is 2. The number of fused-ring (bicyclic) bond motifs is 2. The zero-order valence-electron chi connectivity index (χ0n) is 12.5. The van der Waals surface area contributed by atoms with E-state index in [1.165, 1.54) is 37.8 Å². The third-order valence-corrected chi connectivity index (χ3v) is 5.15. The lowest BCUT2D eigenvalue weighted by Gasteiger charge is -2.50. The van der Waals surface area contributed by atoms with Crippen molar-refractivity contribution < 1.29 is 0 Å². The van der Waals surface area contributed by atoms with Gasteiger partial charge < -0.3 is 10.2 Å². The predicted octanol–water partition coefficient (Wildman–Crippen LogP) is 3.71. The quantitative estimate of drug-likeness (QED) is 0.925. The predicted molar refractivity (Wildman–Crippen MR) is 86.8 cm³/mol. The largest absolute Gasteiger partial charge is 0.365 e. The first kappa shape index (κ1) is 14.7. The maximum atomic E-state index is 9.02. The number of nitrogens with zero attached hydrogens (tertiary/aromatic N) is 2. The average molecular weight is 304 g/mol. The van der Waals surface area contributed by atoms with Crippen LogP contribution in [-0.4, -0.2) is 24.7 Å². The molecule has 2 heterocycles. The normalized spacial score (nSPS) is 28.2. The van der Waals surface area contributed by atoms with Gasteiger partial charge in [-0.05, 0) is 56.8 Å². The summed E-state index contributed by atoms with van der Waals surface area (Å²) in [4.78, 5) is 2.56. The highest BCUT2D eigenvalue weighted by Crippen LogP contribution is 2.38. The summed E-state index contributed by atoms with van der Waals surface area (Å²) < 4.78 is 0. The van der Waals surface area contributed by atoms with Crippen molar-refractivity contribution in [2.45, 2.75) is 57.2 Å². The van der Waals surface area contributed by atoms with Gasteiger partial charge in [0, 0.05) is 23.8 Å². The molecule has 1 aromatic rings. The van der Waals surface area contributed by atoms with E-state index in [0.29, 0.717) is 28.7 Å². The van der Waals surface area contributed by atoms with Gasteiger partial charge in [-0.2, -0.15) is 5.26 Å². The summed E-state index contributed by atoms with van der Waals surface area (Å²) in [6.07, 6.45) is 6.27. The number of nitrogens with one attached hydrogen (secondary N) is 1. The standard InChI is InChI=1S/C17H22ClN3/c1-2-20-13-8-14-4-3-5-15(9-13)21(14)16-7-6-12(11-19)17(18)10-16/h6-7,10,13-15,20H,2-5,8-9H2,1H3. The molecular formula is C17H22ClN3. The summed E-state index contributed by atoms with van der Waals surface area (Å²) in [7, 11) is 0. The highest BCUT2D eigenvalue weighted by atomic mass is 35.5. The number of anilines is 1. The molecule has 2 unspecified atom stereocenters. The Hall–Kier alpha value is -1.24. The summed E-state index contributed by atoms with van der Waals surface area (Å²) in [5.74, 6) is 0. The number of rotatable bonds is 3. The SMILES string of the molecule is CCNC1CC2CCCC(C1)N2c1ccc(C#N)c(Cl)c1. The van der Waals surface area contributed by atoms with Crippen LogP contribution in [0, 0.1) is 11.3 Å². The van der Waals surface area contributed by atoms with Gasteiger partial charge in [-0.25, -0.2) is 0 Å². The van der Waals surface area contributed by atoms with E-state index in [4.69, 9.17) is 16.9 Å². The van der Waals surface area contributed by atoms with Gasteiger partial charge in [-0.3, -0.25) is 0 Å². The van der Waals surface area contributed by atoms with Gasteiger partial charge >= 0.3 is 0 Å². The molecular weight excluding hydrogens is 282 g/mol. The zero-order chi connectivity index (χ0) is 14.8. The van der Waals surface area contributed by atoms with Crippen LogP contribution in [0.1, 0.15) is 44.6 Å². The molecule has 3 nitrogen and oxygen atoms in total. The Morgan fingerprint density at radius 3 is 2.62 bits per heavy atom. The van der Waals surface area contributed by atoms with E-state index >= 15 is 0 Å². The molecule has 2 atom stereocenters. The molecule has 0 amide bonds. The molecule has 2 bridgehead atoms. The lowest BCUT2D eigenvalue weighted by atomic mass is 9.81. The molecule has 0 aromatic heterocycles. The van der Waals surface area contributed by atoms with Gasteiger partial charge in [-0.1, -0.05) is 18.5 Å². The van der Waals surface area contributed by atoms with Crippen molar-refractivity contribution in [1.29, 1.82) is 5.26 Å². The zero-order valence-corrected chi connectivity index (χ0v) is 13.2. The number of halogens is 1. The molecule has 2 aliphatic rings. The van der Waals surface area contributed by atoms with E-state index in [1.807, 2.05) is 12.1 Å². The molecule has 1 aromatic carbocycles. The van der Waals surface area contributed by atoms with Crippen LogP contribution in [0.5, 0.6) is 0 Å². The maximum absolute atomic E-state index is 9.02. The fourth-order valence-electron chi connectivity index (χ4n) is 4.01. The van der Waals surface area contributed by atoms with Crippen LogP contribution in [0.2, 0.25) is 5.02 Å². The third kappa shape index (κ3) is 2.88. The molecule has 21 heavy (non-hydrogen) atoms. The summed E-state index contributed by atoms with van der Waals surface area (Å²) in [5, 5.41) is 13.2. The highest BCUT2D eigenvalue weighted by Gasteiger charge is 2.38. The van der Waals surface area contributed by atoms with E-state index < -0.39 is 0 Å². The third-order valence-electron chi connectivity index (χ3n) is 4.84. The summed E-state index contributed by atoms with van der Waals surface area (Å²) in [6, 6.07) is 9.87. The van der Waals surface area contributed by atoms with Crippen molar-refractivity contribution in [1.82, 2.24) is 5.32 Å². The first-order valence-corrected chi connectivity index (χ1v) is 8.32. The van der Waals surface area contributed by atoms with E-state index in [2.05, 4.69) is 29.3 Å². The maximum Gasteiger partial charge on any atom is 0.101 e. The van der Waals surface area contributed by atoms with Crippen LogP contribution in [-0.2, 0) is 0 Å². The first-order chi connectivity index (χ1) is 10.2. The highest BCUT2D eigenvalue weighted by molar-refractivity contribution is 6.32. The Balaban J connectivity index is 1.85. The molecule has 2 aliphatic heterocycles. The van der Waals surface area contributed by atoms with Gasteiger partial charge in [0.2, 0.25) is 0 Å². The van der Waals surface area contributed by atoms with Crippen molar-refractivity contribution in [3.8, 4) is 6.07 Å². The summed E-state index contributed by atoms with van der Waals surface area (Å²) in [5.41, 5.74) is 1.75. The second-order valence-electron chi connectivity index (χ2n) is 6.15. The van der Waals surface area contributed by atoms with E-state index in [-0.39, 0.29) is 0 Å². The molecule has 0 spiro atoms. The van der Waals surface area contributed by atoms with Gasteiger partial charge in [-0.15, -0.1) is 0 Å². The van der Waals surface area contributed by atoms with E-state index in [9.17, 15) is 0 Å². The lowest BCUT2D eigenvalue weighted by molar-refractivity contribution is 0.247. The van der Waals surface area contributed by atoms with Crippen molar-refractivity contribution in [3.05, 3.63) is 28.8 Å². The molecule has 0 radical (unpaired) electrons. The minimum atomic E-state index is 0.563. The van der Waals surface area contributed by atoms with Crippen molar-refractivity contribution >= 4 is 17.3 Å². The topological polar surface area (TPSA) is 39.1 Å². The molecule has 2 fully saturated rings. The Morgan fingerprint density at radius 2 is 2.05 bits per heavy atom. The number of hydrogen-bond donors (Lipinski definition) is 1. The van der Waals surface area contributed by atoms with Gasteiger partial charge in [0.1, 0.15) is 6.07 Å². The smallest absolute Gasteiger partial charge is 0.101 e. The van der Waals surface area contributed by atoms with Gasteiger partial charge in [0.25, 0.3) is 0 Å². The minimum absolute atomic E-state index is 0.563. The van der Waals surface area contributed by atoms with Crippen LogP contribution in [0.4, 0.5) is 5.69 Å². The van der Waals surface area contributed by atoms with Gasteiger partial charge in [0.05, 0.1) is 10.6 Å². The first-order valence-electron chi connectivity index (χ1n) is 7.94. The second-order valence-corrected chi connectivity index (χ2v) is 6.55. The molecule has 1 N–H and O–H groups in total. The Labute approximate surface area is 131 Å². The molecule has 0 aliphatic carbocycles. The number of benzene rings is 1. The monoisotopic (exact) mass is 303 g/mol. The molecule has 112 valence electrons. The van der Waals surface area contributed by atoms with Crippen molar-refractivity contribution in [2.75, 3.05) is 11.4 Å². The molecule has 0 saturated carbocycles. The Bertz CT molecular complexity index is 537. The van der Waals surface area contributed by atoms with Crippen molar-refractivity contribution in [2.24, 2.45) is 0 Å². The number of hydrogen-bond acceptors (Lipinski definition) is 3. The van der Waals surface area contributed by atoms with Crippen LogP contribution in [0.25, 0.3) is 0 Å². The fraction of sp³-hybridized carbons (Fsp3) is 0.588. The summed E-state index contributed by atoms with van der Waals surface area (Å²) in [6.45, 7) is 3.23. The van der Waals surface area contributed by atoms with Crippen LogP contribution >= 0.6 is 11.6 Å². The Kier molecular flexibility index (Phi) is 4.37. The van der Waals surface area contributed by atoms with E-state index in [0.717, 1.165) is 6.54 Å². The van der Waals surface area contributed by atoms with Crippen LogP contribution < -0.4 is 10.2 Å². The van der Waals surface area contributed by atoms with Gasteiger partial charge in [0.15, 0.2) is 0 Å². The molecule has 2 saturated heterocycles. The van der Waals surface area contributed by atoms with Crippen LogP contribution in [0.3, 0.4) is 0 Å². The van der Waals surface area contributed by atoms with Crippen LogP contribution in [0.15, 0.2) is 18.2 Å². The lowest BCUT2D eigenvalue weighted by Crippen LogP contribution is -2.56. The number of nitriles is 1. The summed E-state index contributed by atoms with van der Waals surface area (Å²) >= 11 is 6.22. The average Bonchev–Trinajstić information content (AvgIpc) is 2.46. The fourth-order valence-corrected chi connectivity index (χ4v) is 4.23. The second kappa shape index (κ2) is 6.25. The molecule has 3 rings (SSSR count). The van der Waals surface area contributed by atoms with Crippen molar-refractivity contribution in [3.63, 3.8) is 0 Å².